The molecule has 0 spiro atoms. The number of nitro groups is 1. The second kappa shape index (κ2) is 4.68. The monoisotopic (exact) mass is 273 g/mol. The molecule has 104 valence electrons. The van der Waals surface area contributed by atoms with Crippen LogP contribution >= 0.6 is 0 Å². The number of nitro benzene ring substituents is 1. The van der Waals surface area contributed by atoms with Gasteiger partial charge >= 0.3 is 0 Å². The summed E-state index contributed by atoms with van der Waals surface area (Å²) in [7, 11) is 0. The Labute approximate surface area is 115 Å². The van der Waals surface area contributed by atoms with Gasteiger partial charge in [-0.15, -0.1) is 0 Å². The number of anilines is 1. The maximum Gasteiger partial charge on any atom is 0.270 e. The number of hydrogen-bond donors (Lipinski definition) is 2. The number of hydrogen-bond acceptors (Lipinski definition) is 6. The maximum atomic E-state index is 10.9. The molecule has 0 saturated carbocycles. The Bertz CT molecular complexity index is 667. The van der Waals surface area contributed by atoms with E-state index in [0.717, 1.165) is 19.5 Å². The lowest BCUT2D eigenvalue weighted by molar-refractivity contribution is -0.384. The molecule has 0 bridgehead atoms. The van der Waals surface area contributed by atoms with E-state index in [-0.39, 0.29) is 11.2 Å². The van der Waals surface area contributed by atoms with Gasteiger partial charge in [0.2, 0.25) is 0 Å². The van der Waals surface area contributed by atoms with E-state index in [1.165, 1.54) is 18.5 Å². The highest BCUT2D eigenvalue weighted by Crippen LogP contribution is 2.27. The molecule has 1 aliphatic heterocycles. The van der Waals surface area contributed by atoms with E-state index in [2.05, 4.69) is 27.5 Å². The van der Waals surface area contributed by atoms with Crippen molar-refractivity contribution in [3.8, 4) is 0 Å². The highest BCUT2D eigenvalue weighted by atomic mass is 16.6. The van der Waals surface area contributed by atoms with Gasteiger partial charge in [0.1, 0.15) is 12.1 Å². The lowest BCUT2D eigenvalue weighted by atomic mass is 10.0. The fraction of sp³-hybridized carbons (Fsp3) is 0.385. The number of nitrogens with zero attached hydrogens (tertiary/aromatic N) is 3. The Kier molecular flexibility index (Phi) is 2.98. The molecule has 3 rings (SSSR count). The quantitative estimate of drug-likeness (QED) is 0.653. The van der Waals surface area contributed by atoms with Crippen LogP contribution < -0.4 is 10.6 Å². The zero-order valence-corrected chi connectivity index (χ0v) is 11.1. The summed E-state index contributed by atoms with van der Waals surface area (Å²) in [5.74, 6) is 0.643. The molecular formula is C13H15N5O2. The third-order valence-electron chi connectivity index (χ3n) is 3.62. The zero-order chi connectivity index (χ0) is 14.2. The minimum atomic E-state index is -0.408. The first kappa shape index (κ1) is 12.7. The summed E-state index contributed by atoms with van der Waals surface area (Å²) in [6.07, 6.45) is 2.45. The van der Waals surface area contributed by atoms with Crippen LogP contribution in [-0.4, -0.2) is 33.5 Å². The molecule has 1 atom stereocenters. The van der Waals surface area contributed by atoms with Crippen LogP contribution in [0.3, 0.4) is 0 Å². The first-order chi connectivity index (χ1) is 9.57. The van der Waals surface area contributed by atoms with Gasteiger partial charge in [-0.2, -0.15) is 0 Å². The molecule has 7 heteroatoms. The third-order valence-corrected chi connectivity index (χ3v) is 3.62. The van der Waals surface area contributed by atoms with Crippen LogP contribution in [0.1, 0.15) is 13.3 Å². The maximum absolute atomic E-state index is 10.9. The molecule has 1 aliphatic rings. The summed E-state index contributed by atoms with van der Waals surface area (Å²) in [5.41, 5.74) is 0.652. The second-order valence-electron chi connectivity index (χ2n) is 5.29. The summed E-state index contributed by atoms with van der Waals surface area (Å²) in [5, 5.41) is 18.3. The first-order valence-corrected chi connectivity index (χ1v) is 6.45. The van der Waals surface area contributed by atoms with Gasteiger partial charge in [0.15, 0.2) is 0 Å². The Morgan fingerprint density at radius 3 is 3.00 bits per heavy atom. The molecule has 1 aromatic heterocycles. The van der Waals surface area contributed by atoms with E-state index in [4.69, 9.17) is 0 Å². The molecule has 0 radical (unpaired) electrons. The van der Waals surface area contributed by atoms with Gasteiger partial charge in [-0.05, 0) is 26.0 Å². The van der Waals surface area contributed by atoms with Crippen LogP contribution in [0.15, 0.2) is 24.5 Å². The van der Waals surface area contributed by atoms with E-state index in [0.29, 0.717) is 16.7 Å². The fourth-order valence-corrected chi connectivity index (χ4v) is 2.47. The summed E-state index contributed by atoms with van der Waals surface area (Å²) < 4.78 is 0. The molecule has 2 aromatic rings. The highest BCUT2D eigenvalue weighted by Gasteiger charge is 2.29. The summed E-state index contributed by atoms with van der Waals surface area (Å²) >= 11 is 0. The Morgan fingerprint density at radius 2 is 2.30 bits per heavy atom. The molecule has 1 saturated heterocycles. The van der Waals surface area contributed by atoms with Crippen LogP contribution in [0, 0.1) is 10.1 Å². The first-order valence-electron chi connectivity index (χ1n) is 6.45. The average Bonchev–Trinajstić information content (AvgIpc) is 2.85. The van der Waals surface area contributed by atoms with Gasteiger partial charge in [-0.1, -0.05) is 0 Å². The van der Waals surface area contributed by atoms with Gasteiger partial charge in [-0.25, -0.2) is 9.97 Å². The van der Waals surface area contributed by atoms with Crippen molar-refractivity contribution in [1.29, 1.82) is 0 Å². The lowest BCUT2D eigenvalue weighted by Crippen LogP contribution is -2.37. The number of benzene rings is 1. The number of rotatable bonds is 3. The van der Waals surface area contributed by atoms with Crippen molar-refractivity contribution in [2.24, 2.45) is 0 Å². The van der Waals surface area contributed by atoms with Crippen LogP contribution in [0.4, 0.5) is 11.5 Å². The smallest absolute Gasteiger partial charge is 0.270 e. The van der Waals surface area contributed by atoms with Gasteiger partial charge in [0.05, 0.1) is 10.4 Å². The van der Waals surface area contributed by atoms with E-state index in [9.17, 15) is 10.1 Å². The van der Waals surface area contributed by atoms with Crippen molar-refractivity contribution >= 4 is 22.4 Å². The number of fused-ring (bicyclic) bond motifs is 1. The zero-order valence-electron chi connectivity index (χ0n) is 11.1. The molecule has 0 aliphatic carbocycles. The molecule has 1 unspecified atom stereocenters. The third kappa shape index (κ3) is 2.27. The molecule has 2 N–H and O–H groups in total. The van der Waals surface area contributed by atoms with Crippen LogP contribution in [0.5, 0.6) is 0 Å². The van der Waals surface area contributed by atoms with Crippen molar-refractivity contribution in [2.75, 3.05) is 18.4 Å². The van der Waals surface area contributed by atoms with Crippen molar-refractivity contribution in [3.63, 3.8) is 0 Å². The highest BCUT2D eigenvalue weighted by molar-refractivity contribution is 5.90. The van der Waals surface area contributed by atoms with E-state index < -0.39 is 4.92 Å². The van der Waals surface area contributed by atoms with Crippen molar-refractivity contribution in [2.45, 2.75) is 18.9 Å². The minimum Gasteiger partial charge on any atom is -0.363 e. The van der Waals surface area contributed by atoms with Gasteiger partial charge < -0.3 is 10.6 Å². The van der Waals surface area contributed by atoms with Crippen LogP contribution in [-0.2, 0) is 0 Å². The Balaban J connectivity index is 2.05. The van der Waals surface area contributed by atoms with Crippen molar-refractivity contribution in [3.05, 3.63) is 34.6 Å². The van der Waals surface area contributed by atoms with Gasteiger partial charge in [0, 0.05) is 29.6 Å². The van der Waals surface area contributed by atoms with Crippen molar-refractivity contribution < 1.29 is 4.92 Å². The summed E-state index contributed by atoms with van der Waals surface area (Å²) in [6.45, 7) is 3.90. The SMILES string of the molecule is CC1(Nc2ncnc3ccc([N+](=O)[O-])cc23)CCNC1. The largest absolute Gasteiger partial charge is 0.363 e. The van der Waals surface area contributed by atoms with Gasteiger partial charge in [-0.3, -0.25) is 10.1 Å². The fourth-order valence-electron chi connectivity index (χ4n) is 2.47. The Morgan fingerprint density at radius 1 is 1.45 bits per heavy atom. The minimum absolute atomic E-state index is 0.0463. The summed E-state index contributed by atoms with van der Waals surface area (Å²) in [6, 6.07) is 4.62. The van der Waals surface area contributed by atoms with Crippen LogP contribution in [0.25, 0.3) is 10.9 Å². The number of non-ortho nitro benzene ring substituents is 1. The van der Waals surface area contributed by atoms with E-state index in [1.807, 2.05) is 0 Å². The average molecular weight is 273 g/mol. The predicted octanol–water partition coefficient (Wildman–Crippen LogP) is 1.70. The molecule has 7 nitrogen and oxygen atoms in total. The topological polar surface area (TPSA) is 93.0 Å². The molecule has 1 fully saturated rings. The van der Waals surface area contributed by atoms with Crippen LogP contribution in [0.2, 0.25) is 0 Å². The van der Waals surface area contributed by atoms with Gasteiger partial charge in [0.25, 0.3) is 5.69 Å². The molecule has 0 amide bonds. The lowest BCUT2D eigenvalue weighted by Gasteiger charge is -2.25. The van der Waals surface area contributed by atoms with E-state index in [1.54, 1.807) is 6.07 Å². The molecule has 2 heterocycles. The molecule has 1 aromatic carbocycles. The molecule has 20 heavy (non-hydrogen) atoms. The number of aromatic nitrogens is 2. The predicted molar refractivity (Wildman–Crippen MR) is 75.7 cm³/mol. The summed E-state index contributed by atoms with van der Waals surface area (Å²) in [4.78, 5) is 18.9. The normalized spacial score (nSPS) is 22.1. The standard InChI is InChI=1S/C13H15N5O2/c1-13(4-5-14-7-13)17-12-10-6-9(18(19)20)2-3-11(10)15-8-16-12/h2-3,6,8,14H,4-5,7H2,1H3,(H,15,16,17). The van der Waals surface area contributed by atoms with E-state index >= 15 is 0 Å². The van der Waals surface area contributed by atoms with Crippen molar-refractivity contribution in [1.82, 2.24) is 15.3 Å². The number of nitrogens with one attached hydrogen (secondary N) is 2. The molecular weight excluding hydrogens is 258 g/mol. The second-order valence-corrected chi connectivity index (χ2v) is 5.29. The Hall–Kier alpha value is -2.28.